The number of carbonyl (C=O) groups is 2. The van der Waals surface area contributed by atoms with Gasteiger partial charge in [0.25, 0.3) is 0 Å². The lowest BCUT2D eigenvalue weighted by atomic mass is 9.97. The fraction of sp³-hybridized carbons (Fsp3) is 0.364. The van der Waals surface area contributed by atoms with Crippen molar-refractivity contribution in [1.29, 1.82) is 0 Å². The Morgan fingerprint density at radius 1 is 1.12 bits per heavy atom. The summed E-state index contributed by atoms with van der Waals surface area (Å²) in [6, 6.07) is 9.31. The van der Waals surface area contributed by atoms with Gasteiger partial charge in [-0.1, -0.05) is 23.7 Å². The summed E-state index contributed by atoms with van der Waals surface area (Å²) in [6.45, 7) is 2.15. The van der Waals surface area contributed by atoms with Crippen LogP contribution in [0.4, 0.5) is 5.69 Å². The summed E-state index contributed by atoms with van der Waals surface area (Å²) in [5, 5.41) is 3.40. The molecule has 0 atom stereocenters. The van der Waals surface area contributed by atoms with Crippen molar-refractivity contribution in [3.05, 3.63) is 52.5 Å². The van der Waals surface area contributed by atoms with Crippen molar-refractivity contribution < 1.29 is 27.5 Å². The van der Waals surface area contributed by atoms with Crippen LogP contribution in [0.2, 0.25) is 5.02 Å². The first-order chi connectivity index (χ1) is 15.2. The first-order valence-corrected chi connectivity index (χ1v) is 11.8. The molecule has 0 spiro atoms. The maximum absolute atomic E-state index is 13.1. The van der Waals surface area contributed by atoms with E-state index in [-0.39, 0.29) is 35.4 Å². The summed E-state index contributed by atoms with van der Waals surface area (Å²) >= 11 is 6.11. The zero-order chi connectivity index (χ0) is 23.5. The van der Waals surface area contributed by atoms with Gasteiger partial charge in [0.15, 0.2) is 0 Å². The smallest absolute Gasteiger partial charge is 0.339 e. The summed E-state index contributed by atoms with van der Waals surface area (Å²) in [7, 11) is -1.22. The number of hydrogen-bond donors (Lipinski definition) is 1. The fourth-order valence-electron chi connectivity index (χ4n) is 3.63. The van der Waals surface area contributed by atoms with Crippen LogP contribution in [0.5, 0.6) is 5.75 Å². The Bertz CT molecular complexity index is 1130. The summed E-state index contributed by atoms with van der Waals surface area (Å²) < 4.78 is 37.6. The van der Waals surface area contributed by atoms with Gasteiger partial charge in [-0.05, 0) is 43.5 Å². The Labute approximate surface area is 192 Å². The van der Waals surface area contributed by atoms with Gasteiger partial charge >= 0.3 is 5.97 Å². The number of sulfonamides is 1. The van der Waals surface area contributed by atoms with Crippen molar-refractivity contribution in [3.8, 4) is 5.75 Å². The van der Waals surface area contributed by atoms with Gasteiger partial charge < -0.3 is 14.8 Å². The summed E-state index contributed by atoms with van der Waals surface area (Å²) in [6.07, 6.45) is 0.695. The number of methoxy groups -OCH3 is 2. The van der Waals surface area contributed by atoms with Crippen LogP contribution in [0.1, 0.15) is 28.8 Å². The molecule has 0 aliphatic carbocycles. The molecule has 1 heterocycles. The van der Waals surface area contributed by atoms with Crippen molar-refractivity contribution in [2.24, 2.45) is 5.92 Å². The first kappa shape index (κ1) is 24.0. The van der Waals surface area contributed by atoms with E-state index in [1.54, 1.807) is 24.3 Å². The number of ether oxygens (including phenoxy) is 2. The van der Waals surface area contributed by atoms with Crippen LogP contribution in [-0.4, -0.2) is 51.9 Å². The van der Waals surface area contributed by atoms with E-state index < -0.39 is 16.0 Å². The maximum atomic E-state index is 13.1. The van der Waals surface area contributed by atoms with Gasteiger partial charge in [0.05, 0.1) is 30.4 Å². The second kappa shape index (κ2) is 9.89. The molecule has 2 aromatic rings. The standard InChI is InChI=1S/C22H25ClN2O6S/c1-14-12-18(19(30-2)13-17(14)23)24-21(26)15-8-10-25(11-9-15)32(28,29)20-7-5-4-6-16(20)22(27)31-3/h4-7,12-13,15H,8-11H2,1-3H3,(H,24,26). The zero-order valence-corrected chi connectivity index (χ0v) is 19.6. The Morgan fingerprint density at radius 3 is 2.41 bits per heavy atom. The average molecular weight is 481 g/mol. The molecule has 8 nitrogen and oxygen atoms in total. The molecule has 1 fully saturated rings. The Kier molecular flexibility index (Phi) is 7.43. The number of piperidine rings is 1. The first-order valence-electron chi connectivity index (χ1n) is 10.0. The lowest BCUT2D eigenvalue weighted by Gasteiger charge is -2.31. The maximum Gasteiger partial charge on any atom is 0.339 e. The summed E-state index contributed by atoms with van der Waals surface area (Å²) in [5.41, 5.74) is 1.30. The number of amides is 1. The van der Waals surface area contributed by atoms with Crippen molar-refractivity contribution in [3.63, 3.8) is 0 Å². The molecule has 1 aliphatic heterocycles. The van der Waals surface area contributed by atoms with Crippen LogP contribution >= 0.6 is 11.6 Å². The van der Waals surface area contributed by atoms with Gasteiger partial charge in [-0.2, -0.15) is 4.31 Å². The lowest BCUT2D eigenvalue weighted by molar-refractivity contribution is -0.120. The molecule has 32 heavy (non-hydrogen) atoms. The molecule has 0 saturated carbocycles. The Morgan fingerprint density at radius 2 is 1.78 bits per heavy atom. The third-order valence-corrected chi connectivity index (χ3v) is 7.84. The van der Waals surface area contributed by atoms with Gasteiger partial charge in [0, 0.05) is 30.1 Å². The largest absolute Gasteiger partial charge is 0.495 e. The molecule has 1 amide bonds. The van der Waals surface area contributed by atoms with E-state index in [2.05, 4.69) is 5.32 Å². The topological polar surface area (TPSA) is 102 Å². The predicted molar refractivity (Wildman–Crippen MR) is 121 cm³/mol. The van der Waals surface area contributed by atoms with E-state index in [1.165, 1.54) is 30.7 Å². The van der Waals surface area contributed by atoms with Gasteiger partial charge in [-0.15, -0.1) is 0 Å². The molecular formula is C22H25ClN2O6S. The van der Waals surface area contributed by atoms with E-state index in [4.69, 9.17) is 21.1 Å². The van der Waals surface area contributed by atoms with Crippen LogP contribution in [0.15, 0.2) is 41.3 Å². The minimum Gasteiger partial charge on any atom is -0.495 e. The molecule has 1 N–H and O–H groups in total. The van der Waals surface area contributed by atoms with Crippen molar-refractivity contribution in [2.75, 3.05) is 32.6 Å². The Balaban J connectivity index is 1.71. The minimum absolute atomic E-state index is 0.0138. The molecule has 1 saturated heterocycles. The number of nitrogens with one attached hydrogen (secondary N) is 1. The molecule has 0 unspecified atom stereocenters. The molecule has 2 aromatic carbocycles. The molecule has 172 valence electrons. The van der Waals surface area contributed by atoms with Gasteiger partial charge in [-0.3, -0.25) is 4.79 Å². The van der Waals surface area contributed by atoms with E-state index in [0.29, 0.717) is 29.3 Å². The Hall–Kier alpha value is -2.62. The number of halogens is 1. The monoisotopic (exact) mass is 480 g/mol. The quantitative estimate of drug-likeness (QED) is 0.635. The van der Waals surface area contributed by atoms with Crippen LogP contribution in [0.3, 0.4) is 0 Å². The van der Waals surface area contributed by atoms with Crippen LogP contribution in [0.25, 0.3) is 0 Å². The highest BCUT2D eigenvalue weighted by molar-refractivity contribution is 7.89. The molecule has 3 rings (SSSR count). The van der Waals surface area contributed by atoms with Crippen molar-refractivity contribution >= 4 is 39.2 Å². The number of nitrogens with zero attached hydrogens (tertiary/aromatic N) is 1. The molecule has 0 bridgehead atoms. The second-order valence-electron chi connectivity index (χ2n) is 7.46. The summed E-state index contributed by atoms with van der Waals surface area (Å²) in [5.74, 6) is -0.839. The second-order valence-corrected chi connectivity index (χ2v) is 9.77. The molecule has 10 heteroatoms. The lowest BCUT2D eigenvalue weighted by Crippen LogP contribution is -2.41. The van der Waals surface area contributed by atoms with E-state index in [1.807, 2.05) is 6.92 Å². The van der Waals surface area contributed by atoms with Crippen LogP contribution < -0.4 is 10.1 Å². The van der Waals surface area contributed by atoms with Gasteiger partial charge in [0.1, 0.15) is 5.75 Å². The van der Waals surface area contributed by atoms with Gasteiger partial charge in [-0.25, -0.2) is 13.2 Å². The number of carbonyl (C=O) groups excluding carboxylic acids is 2. The number of anilines is 1. The summed E-state index contributed by atoms with van der Waals surface area (Å²) in [4.78, 5) is 24.7. The average Bonchev–Trinajstić information content (AvgIpc) is 2.80. The van der Waals surface area contributed by atoms with Crippen molar-refractivity contribution in [2.45, 2.75) is 24.7 Å². The molecule has 0 radical (unpaired) electrons. The zero-order valence-electron chi connectivity index (χ0n) is 18.1. The fourth-order valence-corrected chi connectivity index (χ4v) is 5.44. The highest BCUT2D eigenvalue weighted by Crippen LogP contribution is 2.32. The number of hydrogen-bond acceptors (Lipinski definition) is 6. The van der Waals surface area contributed by atoms with Crippen LogP contribution in [0, 0.1) is 12.8 Å². The number of rotatable bonds is 6. The molecule has 1 aliphatic rings. The van der Waals surface area contributed by atoms with E-state index in [9.17, 15) is 18.0 Å². The SMILES string of the molecule is COC(=O)c1ccccc1S(=O)(=O)N1CCC(C(=O)Nc2cc(C)c(Cl)cc2OC)CC1. The van der Waals surface area contributed by atoms with Crippen LogP contribution in [-0.2, 0) is 19.6 Å². The number of esters is 1. The molecule has 0 aromatic heterocycles. The third kappa shape index (κ3) is 4.90. The highest BCUT2D eigenvalue weighted by Gasteiger charge is 2.34. The number of aryl methyl sites for hydroxylation is 1. The predicted octanol–water partition coefficient (Wildman–Crippen LogP) is 3.48. The van der Waals surface area contributed by atoms with Crippen molar-refractivity contribution in [1.82, 2.24) is 4.31 Å². The minimum atomic E-state index is -3.91. The van der Waals surface area contributed by atoms with E-state index >= 15 is 0 Å². The highest BCUT2D eigenvalue weighted by atomic mass is 35.5. The third-order valence-electron chi connectivity index (χ3n) is 5.47. The number of benzene rings is 2. The molecular weight excluding hydrogens is 456 g/mol. The van der Waals surface area contributed by atoms with E-state index in [0.717, 1.165) is 5.56 Å². The normalized spacial score (nSPS) is 15.2. The van der Waals surface area contributed by atoms with Gasteiger partial charge in [0.2, 0.25) is 15.9 Å².